The van der Waals surface area contributed by atoms with Gasteiger partial charge in [0, 0.05) is 33.2 Å². The Bertz CT molecular complexity index is 2390. The third kappa shape index (κ3) is 3.83. The highest BCUT2D eigenvalue weighted by atomic mass is 19.1. The SMILES string of the molecule is Cc1ccc2c3ccccc3n(-c3ccc(-c4cc(F)cc(F)c4)c(-n4c5ccccc5c5ccc(C)cc54)c3C)c2c1. The van der Waals surface area contributed by atoms with Gasteiger partial charge in [0.05, 0.1) is 33.4 Å². The van der Waals surface area contributed by atoms with E-state index in [-0.39, 0.29) is 0 Å². The van der Waals surface area contributed by atoms with Gasteiger partial charge in [-0.2, -0.15) is 0 Å². The first kappa shape index (κ1) is 25.5. The summed E-state index contributed by atoms with van der Waals surface area (Å²) < 4.78 is 34.0. The first-order chi connectivity index (χ1) is 20.9. The van der Waals surface area contributed by atoms with Crippen LogP contribution in [0.1, 0.15) is 16.7 Å². The zero-order chi connectivity index (χ0) is 29.4. The van der Waals surface area contributed by atoms with Crippen molar-refractivity contribution in [2.24, 2.45) is 0 Å². The summed E-state index contributed by atoms with van der Waals surface area (Å²) >= 11 is 0. The van der Waals surface area contributed by atoms with E-state index in [0.29, 0.717) is 5.56 Å². The van der Waals surface area contributed by atoms with Crippen LogP contribution >= 0.6 is 0 Å². The average Bonchev–Trinajstić information content (AvgIpc) is 3.48. The molecule has 0 bridgehead atoms. The van der Waals surface area contributed by atoms with E-state index in [2.05, 4.69) is 115 Å². The van der Waals surface area contributed by atoms with Gasteiger partial charge in [0.15, 0.2) is 0 Å². The molecule has 0 saturated carbocycles. The molecule has 0 atom stereocenters. The van der Waals surface area contributed by atoms with Gasteiger partial charge in [0.25, 0.3) is 0 Å². The first-order valence-corrected chi connectivity index (χ1v) is 14.5. The molecule has 8 aromatic rings. The molecule has 0 fully saturated rings. The molecule has 8 rings (SSSR count). The number of para-hydroxylation sites is 2. The van der Waals surface area contributed by atoms with E-state index in [1.54, 1.807) is 0 Å². The molecule has 43 heavy (non-hydrogen) atoms. The van der Waals surface area contributed by atoms with E-state index < -0.39 is 11.6 Å². The van der Waals surface area contributed by atoms with Crippen molar-refractivity contribution in [1.29, 1.82) is 0 Å². The van der Waals surface area contributed by atoms with Gasteiger partial charge in [-0.15, -0.1) is 0 Å². The van der Waals surface area contributed by atoms with Crippen molar-refractivity contribution in [3.8, 4) is 22.5 Å². The molecule has 0 aliphatic heterocycles. The number of aromatic nitrogens is 2. The molecule has 208 valence electrons. The van der Waals surface area contributed by atoms with E-state index in [0.717, 1.165) is 67.0 Å². The number of halogens is 2. The van der Waals surface area contributed by atoms with Gasteiger partial charge < -0.3 is 9.13 Å². The highest BCUT2D eigenvalue weighted by Gasteiger charge is 2.22. The molecule has 0 aliphatic rings. The van der Waals surface area contributed by atoms with Crippen LogP contribution in [0.2, 0.25) is 0 Å². The normalized spacial score (nSPS) is 11.8. The number of aryl methyl sites for hydroxylation is 2. The summed E-state index contributed by atoms with van der Waals surface area (Å²) in [5.74, 6) is -1.20. The van der Waals surface area contributed by atoms with E-state index in [4.69, 9.17) is 0 Å². The van der Waals surface area contributed by atoms with Gasteiger partial charge in [-0.3, -0.25) is 0 Å². The van der Waals surface area contributed by atoms with E-state index in [9.17, 15) is 8.78 Å². The molecular formula is C39H28F2N2. The minimum atomic E-state index is -0.599. The summed E-state index contributed by atoms with van der Waals surface area (Å²) in [7, 11) is 0. The predicted octanol–water partition coefficient (Wildman–Crippen LogP) is 10.8. The second-order valence-electron chi connectivity index (χ2n) is 11.5. The topological polar surface area (TPSA) is 9.86 Å². The van der Waals surface area contributed by atoms with Crippen LogP contribution in [0.5, 0.6) is 0 Å². The molecule has 4 heteroatoms. The maximum Gasteiger partial charge on any atom is 0.126 e. The molecule has 0 unspecified atom stereocenters. The number of hydrogen-bond donors (Lipinski definition) is 0. The van der Waals surface area contributed by atoms with Crippen LogP contribution < -0.4 is 0 Å². The fourth-order valence-electron chi connectivity index (χ4n) is 6.82. The van der Waals surface area contributed by atoms with Crippen molar-refractivity contribution < 1.29 is 8.78 Å². The summed E-state index contributed by atoms with van der Waals surface area (Å²) in [6, 6.07) is 37.8. The second kappa shape index (κ2) is 9.40. The van der Waals surface area contributed by atoms with E-state index >= 15 is 0 Å². The summed E-state index contributed by atoms with van der Waals surface area (Å²) in [6.45, 7) is 6.33. The number of hydrogen-bond acceptors (Lipinski definition) is 0. The van der Waals surface area contributed by atoms with Crippen LogP contribution in [0.4, 0.5) is 8.78 Å². The smallest absolute Gasteiger partial charge is 0.126 e. The van der Waals surface area contributed by atoms with Crippen molar-refractivity contribution in [2.45, 2.75) is 20.8 Å². The molecule has 6 aromatic carbocycles. The van der Waals surface area contributed by atoms with Crippen LogP contribution in [0.3, 0.4) is 0 Å². The fraction of sp³-hybridized carbons (Fsp3) is 0.0769. The molecule has 0 N–H and O–H groups in total. The summed E-state index contributed by atoms with van der Waals surface area (Å²) in [5, 5.41) is 4.63. The summed E-state index contributed by atoms with van der Waals surface area (Å²) in [4.78, 5) is 0. The van der Waals surface area contributed by atoms with Crippen LogP contribution in [-0.4, -0.2) is 9.13 Å². The molecular weight excluding hydrogens is 534 g/mol. The highest BCUT2D eigenvalue weighted by molar-refractivity contribution is 6.11. The molecule has 0 saturated heterocycles. The Hall–Kier alpha value is -5.22. The largest absolute Gasteiger partial charge is 0.309 e. The lowest BCUT2D eigenvalue weighted by Crippen LogP contribution is -2.06. The molecule has 0 amide bonds. The third-order valence-corrected chi connectivity index (χ3v) is 8.70. The molecule has 2 aromatic heterocycles. The maximum absolute atomic E-state index is 14.7. The van der Waals surface area contributed by atoms with Crippen molar-refractivity contribution in [2.75, 3.05) is 0 Å². The summed E-state index contributed by atoms with van der Waals surface area (Å²) in [6.07, 6.45) is 0. The lowest BCUT2D eigenvalue weighted by Gasteiger charge is -2.21. The highest BCUT2D eigenvalue weighted by Crippen LogP contribution is 2.42. The lowest BCUT2D eigenvalue weighted by molar-refractivity contribution is 0.584. The zero-order valence-electron chi connectivity index (χ0n) is 24.1. The van der Waals surface area contributed by atoms with Gasteiger partial charge in [-0.05, 0) is 85.5 Å². The van der Waals surface area contributed by atoms with Crippen LogP contribution in [0, 0.1) is 32.4 Å². The lowest BCUT2D eigenvalue weighted by atomic mass is 9.98. The van der Waals surface area contributed by atoms with Crippen molar-refractivity contribution in [3.05, 3.63) is 144 Å². The van der Waals surface area contributed by atoms with E-state index in [1.807, 2.05) is 12.1 Å². The minimum absolute atomic E-state index is 0.499. The number of fused-ring (bicyclic) bond motifs is 6. The second-order valence-corrected chi connectivity index (χ2v) is 11.5. The number of benzene rings is 6. The monoisotopic (exact) mass is 562 g/mol. The maximum atomic E-state index is 14.7. The molecule has 2 nitrogen and oxygen atoms in total. The van der Waals surface area contributed by atoms with Gasteiger partial charge in [-0.25, -0.2) is 8.78 Å². The van der Waals surface area contributed by atoms with Crippen LogP contribution in [0.25, 0.3) is 66.1 Å². The Labute approximate surface area is 248 Å². The quantitative estimate of drug-likeness (QED) is 0.203. The third-order valence-electron chi connectivity index (χ3n) is 8.70. The Morgan fingerprint density at radius 1 is 0.465 bits per heavy atom. The number of rotatable bonds is 3. The van der Waals surface area contributed by atoms with Crippen molar-refractivity contribution >= 4 is 43.6 Å². The van der Waals surface area contributed by atoms with Crippen LogP contribution in [-0.2, 0) is 0 Å². The summed E-state index contributed by atoms with van der Waals surface area (Å²) in [5.41, 5.74) is 10.8. The molecule has 0 radical (unpaired) electrons. The van der Waals surface area contributed by atoms with E-state index in [1.165, 1.54) is 28.5 Å². The molecule has 2 heterocycles. The Morgan fingerprint density at radius 3 is 1.58 bits per heavy atom. The Morgan fingerprint density at radius 2 is 0.977 bits per heavy atom. The minimum Gasteiger partial charge on any atom is -0.309 e. The predicted molar refractivity (Wildman–Crippen MR) is 175 cm³/mol. The first-order valence-electron chi connectivity index (χ1n) is 14.5. The molecule has 0 spiro atoms. The fourth-order valence-corrected chi connectivity index (χ4v) is 6.82. The van der Waals surface area contributed by atoms with Crippen molar-refractivity contribution in [3.63, 3.8) is 0 Å². The van der Waals surface area contributed by atoms with Gasteiger partial charge in [0.2, 0.25) is 0 Å². The van der Waals surface area contributed by atoms with Crippen molar-refractivity contribution in [1.82, 2.24) is 9.13 Å². The van der Waals surface area contributed by atoms with Gasteiger partial charge >= 0.3 is 0 Å². The Balaban J connectivity index is 1.56. The Kier molecular flexibility index (Phi) is 5.57. The van der Waals surface area contributed by atoms with Gasteiger partial charge in [-0.1, -0.05) is 66.7 Å². The van der Waals surface area contributed by atoms with Gasteiger partial charge in [0.1, 0.15) is 11.6 Å². The average molecular weight is 563 g/mol. The standard InChI is InChI=1S/C39H28F2N2/c1-23-12-14-32-30-8-4-6-10-35(30)42(37(32)18-23)34-17-16-29(26-20-27(40)22-28(41)21-26)39(25(34)3)43-36-11-7-5-9-31(36)33-15-13-24(2)19-38(33)43/h4-22H,1-3H3. The van der Waals surface area contributed by atoms with Crippen LogP contribution in [0.15, 0.2) is 115 Å². The number of nitrogens with zero attached hydrogens (tertiary/aromatic N) is 2. The molecule has 0 aliphatic carbocycles. The zero-order valence-corrected chi connectivity index (χ0v) is 24.1.